The topological polar surface area (TPSA) is 56.0 Å². The maximum Gasteiger partial charge on any atom is 0.165 e. The van der Waals surface area contributed by atoms with E-state index in [1.54, 1.807) is 18.5 Å². The fourth-order valence-corrected chi connectivity index (χ4v) is 2.31. The van der Waals surface area contributed by atoms with Gasteiger partial charge in [0, 0.05) is 24.9 Å². The van der Waals surface area contributed by atoms with Gasteiger partial charge in [-0.3, -0.25) is 9.38 Å². The summed E-state index contributed by atoms with van der Waals surface area (Å²) in [5.41, 5.74) is 1.97. The van der Waals surface area contributed by atoms with E-state index in [1.807, 2.05) is 23.5 Å². The number of aromatic nitrogens is 5. The summed E-state index contributed by atoms with van der Waals surface area (Å²) in [5.74, 6) is 1.70. The maximum absolute atomic E-state index is 5.91. The van der Waals surface area contributed by atoms with E-state index in [-0.39, 0.29) is 0 Å². The molecule has 3 aromatic heterocycles. The third kappa shape index (κ3) is 2.42. The third-order valence-electron chi connectivity index (χ3n) is 2.98. The van der Waals surface area contributed by atoms with Crippen molar-refractivity contribution >= 4 is 17.2 Å². The van der Waals surface area contributed by atoms with Crippen molar-refractivity contribution in [2.24, 2.45) is 0 Å². The molecule has 19 heavy (non-hydrogen) atoms. The van der Waals surface area contributed by atoms with Crippen LogP contribution < -0.4 is 0 Å². The van der Waals surface area contributed by atoms with E-state index in [1.165, 1.54) is 5.56 Å². The van der Waals surface area contributed by atoms with Gasteiger partial charge in [0.25, 0.3) is 0 Å². The smallest absolute Gasteiger partial charge is 0.165 e. The lowest BCUT2D eigenvalue weighted by Gasteiger charge is -2.03. The molecule has 0 aliphatic heterocycles. The average Bonchev–Trinajstić information content (AvgIpc) is 2.81. The minimum Gasteiger partial charge on any atom is -0.267 e. The fourth-order valence-electron chi connectivity index (χ4n) is 2.09. The summed E-state index contributed by atoms with van der Waals surface area (Å²) in [7, 11) is 0. The van der Waals surface area contributed by atoms with Crippen LogP contribution >= 0.6 is 11.6 Å². The van der Waals surface area contributed by atoms with Gasteiger partial charge in [0.2, 0.25) is 0 Å². The lowest BCUT2D eigenvalue weighted by Crippen LogP contribution is -2.02. The SMILES string of the molecule is Cc1nc(Cl)cc2nnc(CCc3ccncc3)n12. The highest BCUT2D eigenvalue weighted by Gasteiger charge is 2.09. The molecule has 0 amide bonds. The Labute approximate surface area is 115 Å². The van der Waals surface area contributed by atoms with Crippen LogP contribution in [0.15, 0.2) is 30.6 Å². The van der Waals surface area contributed by atoms with Crippen molar-refractivity contribution in [1.29, 1.82) is 0 Å². The number of rotatable bonds is 3. The standard InChI is InChI=1S/C13H12ClN5/c1-9-16-11(14)8-13-18-17-12(19(9)13)3-2-10-4-6-15-7-5-10/h4-8H,2-3H2,1H3. The number of fused-ring (bicyclic) bond motifs is 1. The molecule has 96 valence electrons. The summed E-state index contributed by atoms with van der Waals surface area (Å²) in [6.45, 7) is 1.90. The Morgan fingerprint density at radius 2 is 1.95 bits per heavy atom. The first-order valence-electron chi connectivity index (χ1n) is 6.00. The van der Waals surface area contributed by atoms with Gasteiger partial charge in [-0.25, -0.2) is 4.98 Å². The number of aryl methyl sites for hydroxylation is 3. The number of pyridine rings is 1. The van der Waals surface area contributed by atoms with Crippen molar-refractivity contribution in [3.8, 4) is 0 Å². The monoisotopic (exact) mass is 273 g/mol. The zero-order valence-electron chi connectivity index (χ0n) is 10.4. The number of nitrogens with zero attached hydrogens (tertiary/aromatic N) is 5. The van der Waals surface area contributed by atoms with Crippen LogP contribution in [0.3, 0.4) is 0 Å². The molecule has 3 aromatic rings. The van der Waals surface area contributed by atoms with E-state index in [4.69, 9.17) is 11.6 Å². The molecular weight excluding hydrogens is 262 g/mol. The van der Waals surface area contributed by atoms with Gasteiger partial charge in [-0.1, -0.05) is 11.6 Å². The van der Waals surface area contributed by atoms with Crippen molar-refractivity contribution in [3.63, 3.8) is 0 Å². The summed E-state index contributed by atoms with van der Waals surface area (Å²) < 4.78 is 1.94. The Morgan fingerprint density at radius 3 is 2.74 bits per heavy atom. The van der Waals surface area contributed by atoms with E-state index < -0.39 is 0 Å². The van der Waals surface area contributed by atoms with Crippen LogP contribution in [0.4, 0.5) is 0 Å². The molecule has 0 N–H and O–H groups in total. The van der Waals surface area contributed by atoms with Crippen LogP contribution in [0, 0.1) is 6.92 Å². The third-order valence-corrected chi connectivity index (χ3v) is 3.18. The van der Waals surface area contributed by atoms with Crippen molar-refractivity contribution in [2.75, 3.05) is 0 Å². The average molecular weight is 274 g/mol. The van der Waals surface area contributed by atoms with E-state index in [9.17, 15) is 0 Å². The molecule has 0 atom stereocenters. The van der Waals surface area contributed by atoms with Crippen molar-refractivity contribution in [2.45, 2.75) is 19.8 Å². The van der Waals surface area contributed by atoms with E-state index >= 15 is 0 Å². The van der Waals surface area contributed by atoms with E-state index in [0.29, 0.717) is 5.15 Å². The van der Waals surface area contributed by atoms with Gasteiger partial charge in [-0.2, -0.15) is 0 Å². The Kier molecular flexibility index (Phi) is 3.13. The summed E-state index contributed by atoms with van der Waals surface area (Å²) in [4.78, 5) is 8.23. The first-order valence-corrected chi connectivity index (χ1v) is 6.38. The van der Waals surface area contributed by atoms with Gasteiger partial charge >= 0.3 is 0 Å². The summed E-state index contributed by atoms with van der Waals surface area (Å²) in [6, 6.07) is 5.73. The predicted molar refractivity (Wildman–Crippen MR) is 72.2 cm³/mol. The van der Waals surface area contributed by atoms with Crippen molar-refractivity contribution < 1.29 is 0 Å². The van der Waals surface area contributed by atoms with Crippen LogP contribution in [0.5, 0.6) is 0 Å². The molecule has 0 aliphatic rings. The Morgan fingerprint density at radius 1 is 1.16 bits per heavy atom. The van der Waals surface area contributed by atoms with Crippen LogP contribution in [0.1, 0.15) is 17.2 Å². The molecule has 5 nitrogen and oxygen atoms in total. The molecule has 0 spiro atoms. The normalized spacial score (nSPS) is 11.1. The minimum absolute atomic E-state index is 0.443. The molecular formula is C13H12ClN5. The quantitative estimate of drug-likeness (QED) is 0.687. The highest BCUT2D eigenvalue weighted by Crippen LogP contribution is 2.13. The summed E-state index contributed by atoms with van der Waals surface area (Å²) in [5, 5.41) is 8.78. The Balaban J connectivity index is 1.90. The molecule has 0 aliphatic carbocycles. The molecule has 0 bridgehead atoms. The highest BCUT2D eigenvalue weighted by atomic mass is 35.5. The van der Waals surface area contributed by atoms with Crippen LogP contribution in [0.25, 0.3) is 5.65 Å². The van der Waals surface area contributed by atoms with Crippen molar-refractivity contribution in [3.05, 3.63) is 53.0 Å². The molecule has 6 heteroatoms. The van der Waals surface area contributed by atoms with Gasteiger partial charge < -0.3 is 0 Å². The minimum atomic E-state index is 0.443. The first-order chi connectivity index (χ1) is 9.24. The molecule has 3 heterocycles. The number of halogens is 1. The van der Waals surface area contributed by atoms with Gasteiger partial charge in [0.1, 0.15) is 16.8 Å². The Bertz CT molecular complexity index is 708. The molecule has 3 rings (SSSR count). The van der Waals surface area contributed by atoms with E-state index in [0.717, 1.165) is 30.1 Å². The van der Waals surface area contributed by atoms with E-state index in [2.05, 4.69) is 20.2 Å². The molecule has 0 aromatic carbocycles. The van der Waals surface area contributed by atoms with Gasteiger partial charge in [0.05, 0.1) is 0 Å². The van der Waals surface area contributed by atoms with Crippen molar-refractivity contribution in [1.82, 2.24) is 24.6 Å². The predicted octanol–water partition coefficient (Wildman–Crippen LogP) is 2.27. The fraction of sp³-hybridized carbons (Fsp3) is 0.231. The maximum atomic E-state index is 5.91. The van der Waals surface area contributed by atoms with Crippen LogP contribution in [-0.2, 0) is 12.8 Å². The largest absolute Gasteiger partial charge is 0.267 e. The number of hydrogen-bond donors (Lipinski definition) is 0. The summed E-state index contributed by atoms with van der Waals surface area (Å²) >= 11 is 5.91. The second-order valence-corrected chi connectivity index (χ2v) is 4.68. The molecule has 0 fully saturated rings. The van der Waals surface area contributed by atoms with Gasteiger partial charge in [0.15, 0.2) is 5.65 Å². The van der Waals surface area contributed by atoms with Crippen LogP contribution in [-0.4, -0.2) is 24.6 Å². The number of hydrogen-bond acceptors (Lipinski definition) is 4. The Hall–Kier alpha value is -2.01. The first kappa shape index (κ1) is 12.0. The van der Waals surface area contributed by atoms with Crippen LogP contribution in [0.2, 0.25) is 5.15 Å². The lowest BCUT2D eigenvalue weighted by molar-refractivity contribution is 0.814. The second kappa shape index (κ2) is 4.93. The zero-order chi connectivity index (χ0) is 13.2. The molecule has 0 radical (unpaired) electrons. The van der Waals surface area contributed by atoms with Gasteiger partial charge in [-0.15, -0.1) is 10.2 Å². The molecule has 0 unspecified atom stereocenters. The lowest BCUT2D eigenvalue weighted by atomic mass is 10.1. The second-order valence-electron chi connectivity index (χ2n) is 4.29. The highest BCUT2D eigenvalue weighted by molar-refractivity contribution is 6.29. The molecule has 0 saturated carbocycles. The summed E-state index contributed by atoms with van der Waals surface area (Å²) in [6.07, 6.45) is 5.29. The molecule has 0 saturated heterocycles. The van der Waals surface area contributed by atoms with Gasteiger partial charge in [-0.05, 0) is 31.0 Å². The zero-order valence-corrected chi connectivity index (χ0v) is 11.2.